The molecule has 1 aliphatic heterocycles. The number of nitrogens with zero attached hydrogens (tertiary/aromatic N) is 3. The SMILES string of the molecule is CCCc1nnsc1C(=O)N1CCC[C@@H]1C(=O)O. The maximum absolute atomic E-state index is 12.3. The van der Waals surface area contributed by atoms with E-state index in [1.54, 1.807) is 0 Å². The number of carbonyl (C=O) groups is 2. The van der Waals surface area contributed by atoms with Gasteiger partial charge in [0.25, 0.3) is 5.91 Å². The Balaban J connectivity index is 2.20. The number of likely N-dealkylation sites (tertiary alicyclic amines) is 1. The Morgan fingerprint density at radius 1 is 1.56 bits per heavy atom. The maximum atomic E-state index is 12.3. The van der Waals surface area contributed by atoms with E-state index < -0.39 is 12.0 Å². The molecule has 0 aliphatic carbocycles. The molecule has 0 unspecified atom stereocenters. The lowest BCUT2D eigenvalue weighted by Crippen LogP contribution is -2.40. The number of aromatic nitrogens is 2. The van der Waals surface area contributed by atoms with Crippen molar-refractivity contribution in [2.24, 2.45) is 0 Å². The second-order valence-corrected chi connectivity index (χ2v) is 5.05. The van der Waals surface area contributed by atoms with Gasteiger partial charge in [-0.05, 0) is 30.8 Å². The van der Waals surface area contributed by atoms with Crippen LogP contribution in [0.5, 0.6) is 0 Å². The van der Waals surface area contributed by atoms with Crippen LogP contribution in [0.1, 0.15) is 41.6 Å². The standard InChI is InChI=1S/C11H15N3O3S/c1-2-4-7-9(18-13-12-7)10(15)14-6-3-5-8(14)11(16)17/h8H,2-6H2,1H3,(H,16,17)/t8-/m1/s1. The fraction of sp³-hybridized carbons (Fsp3) is 0.636. The minimum absolute atomic E-state index is 0.238. The monoisotopic (exact) mass is 269 g/mol. The first kappa shape index (κ1) is 12.9. The minimum Gasteiger partial charge on any atom is -0.480 e. The summed E-state index contributed by atoms with van der Waals surface area (Å²) in [5, 5.41) is 13.0. The van der Waals surface area contributed by atoms with Crippen LogP contribution in [0, 0.1) is 0 Å². The molecule has 0 aromatic carbocycles. The molecule has 18 heavy (non-hydrogen) atoms. The maximum Gasteiger partial charge on any atom is 0.326 e. The highest BCUT2D eigenvalue weighted by Gasteiger charge is 2.36. The largest absolute Gasteiger partial charge is 0.480 e. The third kappa shape index (κ3) is 2.35. The summed E-state index contributed by atoms with van der Waals surface area (Å²) in [5.74, 6) is -1.17. The van der Waals surface area contributed by atoms with E-state index in [2.05, 4.69) is 9.59 Å². The number of carboxylic acids is 1. The number of aryl methyl sites for hydroxylation is 1. The lowest BCUT2D eigenvalue weighted by molar-refractivity contribution is -0.141. The molecular weight excluding hydrogens is 254 g/mol. The zero-order valence-corrected chi connectivity index (χ0v) is 10.9. The predicted octanol–water partition coefficient (Wildman–Crippen LogP) is 1.18. The Morgan fingerprint density at radius 2 is 2.33 bits per heavy atom. The van der Waals surface area contributed by atoms with Gasteiger partial charge in [-0.3, -0.25) is 4.79 Å². The van der Waals surface area contributed by atoms with E-state index in [0.29, 0.717) is 30.0 Å². The van der Waals surface area contributed by atoms with Gasteiger partial charge < -0.3 is 10.0 Å². The van der Waals surface area contributed by atoms with Crippen LogP contribution in [0.4, 0.5) is 0 Å². The number of rotatable bonds is 4. The van der Waals surface area contributed by atoms with Crippen molar-refractivity contribution in [1.82, 2.24) is 14.5 Å². The molecule has 1 fully saturated rings. The molecule has 1 aromatic rings. The molecule has 1 N–H and O–H groups in total. The molecule has 1 amide bonds. The summed E-state index contributed by atoms with van der Waals surface area (Å²) in [4.78, 5) is 25.3. The topological polar surface area (TPSA) is 83.4 Å². The number of amides is 1. The van der Waals surface area contributed by atoms with E-state index in [-0.39, 0.29) is 5.91 Å². The van der Waals surface area contributed by atoms with Crippen molar-refractivity contribution in [1.29, 1.82) is 0 Å². The number of carbonyl (C=O) groups excluding carboxylic acids is 1. The van der Waals surface area contributed by atoms with Crippen LogP contribution >= 0.6 is 11.5 Å². The predicted molar refractivity (Wildman–Crippen MR) is 65.6 cm³/mol. The zero-order valence-electron chi connectivity index (χ0n) is 10.1. The van der Waals surface area contributed by atoms with Crippen molar-refractivity contribution in [3.63, 3.8) is 0 Å². The van der Waals surface area contributed by atoms with Crippen molar-refractivity contribution in [2.45, 2.75) is 38.6 Å². The lowest BCUT2D eigenvalue weighted by Gasteiger charge is -2.20. The molecule has 7 heteroatoms. The first-order chi connectivity index (χ1) is 8.65. The average molecular weight is 269 g/mol. The normalized spacial score (nSPS) is 19.2. The molecule has 0 spiro atoms. The minimum atomic E-state index is -0.935. The molecule has 1 aliphatic rings. The van der Waals surface area contributed by atoms with E-state index in [0.717, 1.165) is 24.4 Å². The fourth-order valence-electron chi connectivity index (χ4n) is 2.17. The molecular formula is C11H15N3O3S. The first-order valence-corrected chi connectivity index (χ1v) is 6.77. The van der Waals surface area contributed by atoms with E-state index >= 15 is 0 Å². The smallest absolute Gasteiger partial charge is 0.326 e. The number of hydrogen-bond donors (Lipinski definition) is 1. The van der Waals surface area contributed by atoms with Gasteiger partial charge in [0.1, 0.15) is 10.9 Å². The van der Waals surface area contributed by atoms with Gasteiger partial charge in [0.05, 0.1) is 5.69 Å². The summed E-state index contributed by atoms with van der Waals surface area (Å²) in [5.41, 5.74) is 0.684. The van der Waals surface area contributed by atoms with Crippen LogP contribution in [-0.2, 0) is 11.2 Å². The van der Waals surface area contributed by atoms with Crippen LogP contribution in [0.15, 0.2) is 0 Å². The summed E-state index contributed by atoms with van der Waals surface area (Å²) >= 11 is 1.05. The molecule has 0 bridgehead atoms. The Bertz CT molecular complexity index is 460. The van der Waals surface area contributed by atoms with Crippen molar-refractivity contribution < 1.29 is 14.7 Å². The van der Waals surface area contributed by atoms with E-state index in [9.17, 15) is 9.59 Å². The highest BCUT2D eigenvalue weighted by Crippen LogP contribution is 2.23. The molecule has 6 nitrogen and oxygen atoms in total. The van der Waals surface area contributed by atoms with Gasteiger partial charge in [0.2, 0.25) is 0 Å². The van der Waals surface area contributed by atoms with Gasteiger partial charge in [0, 0.05) is 6.54 Å². The Labute approximate surface area is 109 Å². The third-order valence-corrected chi connectivity index (χ3v) is 3.79. The van der Waals surface area contributed by atoms with Crippen LogP contribution < -0.4 is 0 Å². The third-order valence-electron chi connectivity index (χ3n) is 3.04. The van der Waals surface area contributed by atoms with Gasteiger partial charge in [-0.15, -0.1) is 5.10 Å². The van der Waals surface area contributed by atoms with Gasteiger partial charge in [-0.2, -0.15) is 0 Å². The van der Waals surface area contributed by atoms with Crippen molar-refractivity contribution >= 4 is 23.4 Å². The van der Waals surface area contributed by atoms with E-state index in [1.807, 2.05) is 6.92 Å². The highest BCUT2D eigenvalue weighted by molar-refractivity contribution is 7.08. The Hall–Kier alpha value is -1.50. The van der Waals surface area contributed by atoms with Crippen LogP contribution in [0.3, 0.4) is 0 Å². The molecule has 2 rings (SSSR count). The number of carboxylic acid groups (broad SMARTS) is 1. The van der Waals surface area contributed by atoms with Crippen molar-refractivity contribution in [2.75, 3.05) is 6.54 Å². The van der Waals surface area contributed by atoms with Crippen LogP contribution in [0.25, 0.3) is 0 Å². The Kier molecular flexibility index (Phi) is 3.90. The van der Waals surface area contributed by atoms with Crippen molar-refractivity contribution in [3.05, 3.63) is 10.6 Å². The molecule has 1 atom stereocenters. The second kappa shape index (κ2) is 5.43. The highest BCUT2D eigenvalue weighted by atomic mass is 32.1. The van der Waals surface area contributed by atoms with Gasteiger partial charge in [-0.25, -0.2) is 4.79 Å². The van der Waals surface area contributed by atoms with Crippen LogP contribution in [-0.4, -0.2) is 44.1 Å². The molecule has 1 aromatic heterocycles. The summed E-state index contributed by atoms with van der Waals surface area (Å²) in [6.07, 6.45) is 2.84. The summed E-state index contributed by atoms with van der Waals surface area (Å²) in [7, 11) is 0. The summed E-state index contributed by atoms with van der Waals surface area (Å²) < 4.78 is 3.80. The zero-order chi connectivity index (χ0) is 13.1. The molecule has 1 saturated heterocycles. The lowest BCUT2D eigenvalue weighted by atomic mass is 10.2. The number of hydrogen-bond acceptors (Lipinski definition) is 5. The number of aliphatic carboxylic acids is 1. The molecule has 0 saturated carbocycles. The fourth-order valence-corrected chi connectivity index (χ4v) is 2.83. The second-order valence-electron chi connectivity index (χ2n) is 4.29. The molecule has 0 radical (unpaired) electrons. The van der Waals surface area contributed by atoms with E-state index in [1.165, 1.54) is 4.90 Å². The van der Waals surface area contributed by atoms with E-state index in [4.69, 9.17) is 5.11 Å². The Morgan fingerprint density at radius 3 is 3.00 bits per heavy atom. The summed E-state index contributed by atoms with van der Waals surface area (Å²) in [6.45, 7) is 2.50. The molecule has 2 heterocycles. The summed E-state index contributed by atoms with van der Waals surface area (Å²) in [6, 6.07) is -0.700. The first-order valence-electron chi connectivity index (χ1n) is 6.00. The van der Waals surface area contributed by atoms with Gasteiger partial charge in [-0.1, -0.05) is 17.8 Å². The van der Waals surface area contributed by atoms with Gasteiger partial charge >= 0.3 is 5.97 Å². The van der Waals surface area contributed by atoms with Crippen molar-refractivity contribution in [3.8, 4) is 0 Å². The van der Waals surface area contributed by atoms with Gasteiger partial charge in [0.15, 0.2) is 0 Å². The average Bonchev–Trinajstić information content (AvgIpc) is 2.96. The quantitative estimate of drug-likeness (QED) is 0.887. The molecule has 98 valence electrons. The van der Waals surface area contributed by atoms with Crippen LogP contribution in [0.2, 0.25) is 0 Å².